The molecule has 3 nitrogen and oxygen atoms in total. The first kappa shape index (κ1) is 11.6. The minimum atomic E-state index is -0.272. The molecule has 1 aliphatic heterocycles. The summed E-state index contributed by atoms with van der Waals surface area (Å²) in [6.07, 6.45) is 0.852. The summed E-state index contributed by atoms with van der Waals surface area (Å²) in [7, 11) is 0. The molecule has 5 heteroatoms. The number of carbonyl (C=O) groups excluding carboxylic acids is 1. The standard InChI is InChI=1S/C13H13FN2OS/c14-9-2-1-8-5-12(18-11(8)6-9)13(17)16-4-3-10(15)7-16/h1-2,5-6,10H,3-4,7,15H2/t10-/m1/s1. The highest BCUT2D eigenvalue weighted by Gasteiger charge is 2.25. The van der Waals surface area contributed by atoms with Crippen LogP contribution in [-0.4, -0.2) is 29.9 Å². The summed E-state index contributed by atoms with van der Waals surface area (Å²) in [6.45, 7) is 1.32. The minimum Gasteiger partial charge on any atom is -0.336 e. The predicted molar refractivity (Wildman–Crippen MR) is 70.3 cm³/mol. The van der Waals surface area contributed by atoms with Crippen molar-refractivity contribution in [1.82, 2.24) is 4.90 Å². The molecule has 2 N–H and O–H groups in total. The minimum absolute atomic E-state index is 0.00422. The average Bonchev–Trinajstić information content (AvgIpc) is 2.93. The third kappa shape index (κ3) is 2.00. The van der Waals surface area contributed by atoms with E-state index in [2.05, 4.69) is 0 Å². The molecule has 1 atom stereocenters. The van der Waals surface area contributed by atoms with Crippen molar-refractivity contribution in [3.8, 4) is 0 Å². The summed E-state index contributed by atoms with van der Waals surface area (Å²) in [6, 6.07) is 6.49. The largest absolute Gasteiger partial charge is 0.336 e. The molecule has 1 fully saturated rings. The van der Waals surface area contributed by atoms with E-state index >= 15 is 0 Å². The van der Waals surface area contributed by atoms with Gasteiger partial charge in [0.05, 0.1) is 4.88 Å². The second kappa shape index (κ2) is 4.33. The first-order valence-electron chi connectivity index (χ1n) is 5.87. The Kier molecular flexibility index (Phi) is 2.80. The zero-order chi connectivity index (χ0) is 12.7. The van der Waals surface area contributed by atoms with E-state index in [1.165, 1.54) is 23.5 Å². The third-order valence-electron chi connectivity index (χ3n) is 3.20. The summed E-state index contributed by atoms with van der Waals surface area (Å²) in [5.41, 5.74) is 5.80. The lowest BCUT2D eigenvalue weighted by atomic mass is 10.2. The molecule has 0 saturated carbocycles. The lowest BCUT2D eigenvalue weighted by Crippen LogP contribution is -2.31. The summed E-state index contributed by atoms with van der Waals surface area (Å²) >= 11 is 1.34. The Morgan fingerprint density at radius 1 is 1.44 bits per heavy atom. The molecule has 0 spiro atoms. The van der Waals surface area contributed by atoms with Gasteiger partial charge in [0.2, 0.25) is 0 Å². The average molecular weight is 264 g/mol. The zero-order valence-corrected chi connectivity index (χ0v) is 10.5. The summed E-state index contributed by atoms with van der Waals surface area (Å²) < 4.78 is 13.9. The lowest BCUT2D eigenvalue weighted by Gasteiger charge is -2.13. The van der Waals surface area contributed by atoms with Gasteiger partial charge in [-0.15, -0.1) is 11.3 Å². The number of nitrogens with two attached hydrogens (primary N) is 1. The molecule has 0 radical (unpaired) electrons. The summed E-state index contributed by atoms with van der Waals surface area (Å²) in [5, 5.41) is 0.910. The Morgan fingerprint density at radius 3 is 3.00 bits per heavy atom. The first-order chi connectivity index (χ1) is 8.63. The van der Waals surface area contributed by atoms with E-state index in [1.807, 2.05) is 6.07 Å². The van der Waals surface area contributed by atoms with Crippen molar-refractivity contribution in [2.75, 3.05) is 13.1 Å². The number of rotatable bonds is 1. The Labute approximate surface area is 108 Å². The van der Waals surface area contributed by atoms with Crippen LogP contribution in [0.3, 0.4) is 0 Å². The van der Waals surface area contributed by atoms with Crippen molar-refractivity contribution in [3.63, 3.8) is 0 Å². The number of thiophene rings is 1. The Balaban J connectivity index is 1.92. The maximum absolute atomic E-state index is 13.1. The molecule has 0 aliphatic carbocycles. The van der Waals surface area contributed by atoms with Crippen LogP contribution in [0.5, 0.6) is 0 Å². The van der Waals surface area contributed by atoms with Gasteiger partial charge in [-0.3, -0.25) is 4.79 Å². The van der Waals surface area contributed by atoms with Gasteiger partial charge in [-0.2, -0.15) is 0 Å². The van der Waals surface area contributed by atoms with Crippen molar-refractivity contribution in [3.05, 3.63) is 35.0 Å². The lowest BCUT2D eigenvalue weighted by molar-refractivity contribution is 0.0795. The molecule has 0 bridgehead atoms. The second-order valence-electron chi connectivity index (χ2n) is 4.59. The molecule has 3 rings (SSSR count). The molecule has 1 aromatic heterocycles. The molecule has 1 amide bonds. The van der Waals surface area contributed by atoms with Crippen LogP contribution in [-0.2, 0) is 0 Å². The van der Waals surface area contributed by atoms with E-state index in [4.69, 9.17) is 5.73 Å². The summed E-state index contributed by atoms with van der Waals surface area (Å²) in [4.78, 5) is 14.7. The SMILES string of the molecule is N[C@@H]1CCN(C(=O)c2cc3ccc(F)cc3s2)C1. The van der Waals surface area contributed by atoms with Gasteiger partial charge >= 0.3 is 0 Å². The monoisotopic (exact) mass is 264 g/mol. The molecular weight excluding hydrogens is 251 g/mol. The van der Waals surface area contributed by atoms with Gasteiger partial charge in [0.1, 0.15) is 5.82 Å². The van der Waals surface area contributed by atoms with Crippen LogP contribution < -0.4 is 5.73 Å². The van der Waals surface area contributed by atoms with Gasteiger partial charge in [0, 0.05) is 23.8 Å². The third-order valence-corrected chi connectivity index (χ3v) is 4.29. The highest BCUT2D eigenvalue weighted by atomic mass is 32.1. The van der Waals surface area contributed by atoms with Gasteiger partial charge in [0.15, 0.2) is 0 Å². The Bertz CT molecular complexity index is 610. The van der Waals surface area contributed by atoms with E-state index < -0.39 is 0 Å². The van der Waals surface area contributed by atoms with E-state index in [9.17, 15) is 9.18 Å². The maximum Gasteiger partial charge on any atom is 0.264 e. The van der Waals surface area contributed by atoms with Crippen molar-refractivity contribution in [2.24, 2.45) is 5.73 Å². The number of hydrogen-bond acceptors (Lipinski definition) is 3. The quantitative estimate of drug-likeness (QED) is 0.858. The van der Waals surface area contributed by atoms with Crippen molar-refractivity contribution in [1.29, 1.82) is 0 Å². The number of halogens is 1. The highest BCUT2D eigenvalue weighted by molar-refractivity contribution is 7.20. The Morgan fingerprint density at radius 2 is 2.28 bits per heavy atom. The molecule has 0 unspecified atom stereocenters. The van der Waals surface area contributed by atoms with Gasteiger partial charge in [0.25, 0.3) is 5.91 Å². The predicted octanol–water partition coefficient (Wildman–Crippen LogP) is 2.21. The molecular formula is C13H13FN2OS. The van der Waals surface area contributed by atoms with E-state index in [-0.39, 0.29) is 17.8 Å². The van der Waals surface area contributed by atoms with Crippen LogP contribution in [0.1, 0.15) is 16.1 Å². The van der Waals surface area contributed by atoms with Crippen LogP contribution in [0.4, 0.5) is 4.39 Å². The molecule has 1 aromatic carbocycles. The van der Waals surface area contributed by atoms with Crippen LogP contribution in [0.15, 0.2) is 24.3 Å². The Hall–Kier alpha value is -1.46. The van der Waals surface area contributed by atoms with Crippen LogP contribution in [0.2, 0.25) is 0 Å². The second-order valence-corrected chi connectivity index (χ2v) is 5.68. The molecule has 94 valence electrons. The molecule has 2 aromatic rings. The van der Waals surface area contributed by atoms with Gasteiger partial charge < -0.3 is 10.6 Å². The van der Waals surface area contributed by atoms with Crippen LogP contribution in [0, 0.1) is 5.82 Å². The van der Waals surface area contributed by atoms with Crippen LogP contribution in [0.25, 0.3) is 10.1 Å². The zero-order valence-electron chi connectivity index (χ0n) is 9.73. The number of carbonyl (C=O) groups is 1. The fourth-order valence-electron chi connectivity index (χ4n) is 2.24. The number of nitrogens with zero attached hydrogens (tertiary/aromatic N) is 1. The molecule has 1 aliphatic rings. The highest BCUT2D eigenvalue weighted by Crippen LogP contribution is 2.28. The van der Waals surface area contributed by atoms with E-state index in [1.54, 1.807) is 11.0 Å². The maximum atomic E-state index is 13.1. The number of likely N-dealkylation sites (tertiary alicyclic amines) is 1. The number of benzene rings is 1. The van der Waals surface area contributed by atoms with Gasteiger partial charge in [-0.25, -0.2) is 4.39 Å². The molecule has 18 heavy (non-hydrogen) atoms. The number of hydrogen-bond donors (Lipinski definition) is 1. The fourth-order valence-corrected chi connectivity index (χ4v) is 3.29. The van der Waals surface area contributed by atoms with E-state index in [0.717, 1.165) is 16.5 Å². The first-order valence-corrected chi connectivity index (χ1v) is 6.69. The topological polar surface area (TPSA) is 46.3 Å². The summed E-state index contributed by atoms with van der Waals surface area (Å²) in [5.74, 6) is -0.267. The van der Waals surface area contributed by atoms with Crippen molar-refractivity contribution < 1.29 is 9.18 Å². The normalized spacial score (nSPS) is 19.7. The van der Waals surface area contributed by atoms with Crippen molar-refractivity contribution in [2.45, 2.75) is 12.5 Å². The van der Waals surface area contributed by atoms with Crippen LogP contribution >= 0.6 is 11.3 Å². The van der Waals surface area contributed by atoms with Gasteiger partial charge in [-0.05, 0) is 30.0 Å². The molecule has 2 heterocycles. The van der Waals surface area contributed by atoms with E-state index in [0.29, 0.717) is 18.0 Å². The number of fused-ring (bicyclic) bond motifs is 1. The van der Waals surface area contributed by atoms with Crippen molar-refractivity contribution >= 4 is 27.3 Å². The molecule has 1 saturated heterocycles. The fraction of sp³-hybridized carbons (Fsp3) is 0.308. The van der Waals surface area contributed by atoms with Gasteiger partial charge in [-0.1, -0.05) is 6.07 Å². The smallest absolute Gasteiger partial charge is 0.264 e. The number of amides is 1.